The number of furan rings is 1. The monoisotopic (exact) mass is 387 g/mol. The molecular weight excluding hydrogens is 370 g/mol. The van der Waals surface area contributed by atoms with Crippen molar-refractivity contribution in [2.45, 2.75) is 6.92 Å². The molecule has 28 heavy (non-hydrogen) atoms. The summed E-state index contributed by atoms with van der Waals surface area (Å²) in [6.07, 6.45) is 0. The Kier molecular flexibility index (Phi) is 4.78. The lowest BCUT2D eigenvalue weighted by Gasteiger charge is -2.08. The molecule has 3 N–H and O–H groups in total. The van der Waals surface area contributed by atoms with E-state index in [1.54, 1.807) is 25.1 Å². The highest BCUT2D eigenvalue weighted by atomic mass is 16.5. The number of esters is 1. The lowest BCUT2D eigenvalue weighted by atomic mass is 10.1. The molecule has 146 valence electrons. The number of carbonyl (C=O) groups is 2. The van der Waals surface area contributed by atoms with Crippen LogP contribution in [-0.4, -0.2) is 35.0 Å². The minimum absolute atomic E-state index is 0.0709. The molecule has 3 aromatic rings. The number of ketones is 1. The van der Waals surface area contributed by atoms with Crippen LogP contribution in [0.2, 0.25) is 0 Å². The molecule has 0 radical (unpaired) electrons. The van der Waals surface area contributed by atoms with Crippen molar-refractivity contribution in [2.75, 3.05) is 19.5 Å². The number of H-pyrrole nitrogens is 1. The van der Waals surface area contributed by atoms with Crippen molar-refractivity contribution in [1.82, 2.24) is 9.55 Å². The normalized spacial score (nSPS) is 10.8. The molecule has 0 atom stereocenters. The van der Waals surface area contributed by atoms with E-state index in [1.807, 2.05) is 4.98 Å². The molecule has 0 saturated carbocycles. The van der Waals surface area contributed by atoms with E-state index in [1.165, 1.54) is 14.2 Å². The second-order valence-corrected chi connectivity index (χ2v) is 6.00. The topological polar surface area (TPSA) is 147 Å². The number of nitrogens with one attached hydrogen (secondary N) is 1. The lowest BCUT2D eigenvalue weighted by molar-refractivity contribution is 0.0445. The van der Waals surface area contributed by atoms with Gasteiger partial charge in [-0.05, 0) is 25.1 Å². The Balaban J connectivity index is 1.83. The summed E-state index contributed by atoms with van der Waals surface area (Å²) in [6.45, 7) is 0.920. The first-order valence-electron chi connectivity index (χ1n) is 8.10. The van der Waals surface area contributed by atoms with Crippen LogP contribution in [0.3, 0.4) is 0 Å². The zero-order valence-electron chi connectivity index (χ0n) is 15.3. The number of benzene rings is 1. The highest BCUT2D eigenvalue weighted by molar-refractivity contribution is 6.02. The highest BCUT2D eigenvalue weighted by Gasteiger charge is 2.23. The van der Waals surface area contributed by atoms with Gasteiger partial charge in [-0.3, -0.25) is 19.1 Å². The summed E-state index contributed by atoms with van der Waals surface area (Å²) < 4.78 is 16.5. The highest BCUT2D eigenvalue weighted by Crippen LogP contribution is 2.29. The zero-order valence-corrected chi connectivity index (χ0v) is 15.3. The number of rotatable bonds is 5. The number of ether oxygens (including phenoxy) is 2. The fourth-order valence-electron chi connectivity index (χ4n) is 2.70. The largest absolute Gasteiger partial charge is 0.497 e. The minimum atomic E-state index is -0.950. The number of carbonyl (C=O) groups excluding carboxylic acids is 2. The summed E-state index contributed by atoms with van der Waals surface area (Å²) in [5.41, 5.74) is 4.46. The quantitative estimate of drug-likeness (QED) is 0.482. The van der Waals surface area contributed by atoms with Gasteiger partial charge >= 0.3 is 11.7 Å². The number of nitrogen functional groups attached to an aromatic ring is 1. The summed E-state index contributed by atoms with van der Waals surface area (Å²) in [5.74, 6) is -1.52. The Morgan fingerprint density at radius 3 is 2.68 bits per heavy atom. The van der Waals surface area contributed by atoms with Crippen molar-refractivity contribution in [2.24, 2.45) is 7.05 Å². The number of methoxy groups -OCH3 is 1. The van der Waals surface area contributed by atoms with Gasteiger partial charge < -0.3 is 19.6 Å². The van der Waals surface area contributed by atoms with Gasteiger partial charge in [0.05, 0.1) is 7.11 Å². The van der Waals surface area contributed by atoms with Crippen LogP contribution in [0.1, 0.15) is 26.5 Å². The first-order chi connectivity index (χ1) is 13.2. The van der Waals surface area contributed by atoms with Crippen molar-refractivity contribution in [1.29, 1.82) is 0 Å². The molecule has 2 aromatic heterocycles. The standard InChI is InChI=1S/C18H17N3O7/c1-8-10-6-9(26-3)4-5-12(10)28-14(8)17(24)27-7-11(22)13-15(19)21(2)18(25)20-16(13)23/h4-6H,7,19H2,1-3H3,(H,20,23,25). The summed E-state index contributed by atoms with van der Waals surface area (Å²) in [7, 11) is 2.81. The van der Waals surface area contributed by atoms with Crippen LogP contribution >= 0.6 is 0 Å². The van der Waals surface area contributed by atoms with Crippen molar-refractivity contribution in [3.63, 3.8) is 0 Å². The van der Waals surface area contributed by atoms with Gasteiger partial charge in [-0.1, -0.05) is 0 Å². The fraction of sp³-hybridized carbons (Fsp3) is 0.222. The molecule has 0 aliphatic carbocycles. The van der Waals surface area contributed by atoms with Gasteiger partial charge in [0.1, 0.15) is 22.7 Å². The molecule has 0 saturated heterocycles. The predicted molar refractivity (Wildman–Crippen MR) is 98.8 cm³/mol. The van der Waals surface area contributed by atoms with Crippen molar-refractivity contribution >= 4 is 28.5 Å². The Hall–Kier alpha value is -3.82. The molecule has 1 aromatic carbocycles. The smallest absolute Gasteiger partial charge is 0.375 e. The maximum absolute atomic E-state index is 12.3. The van der Waals surface area contributed by atoms with Crippen molar-refractivity contribution in [3.05, 3.63) is 55.9 Å². The number of hydrogen-bond donors (Lipinski definition) is 2. The van der Waals surface area contributed by atoms with Crippen LogP contribution < -0.4 is 21.7 Å². The lowest BCUT2D eigenvalue weighted by Crippen LogP contribution is -2.35. The van der Waals surface area contributed by atoms with E-state index in [0.717, 1.165) is 4.57 Å². The van der Waals surface area contributed by atoms with Crippen LogP contribution in [0.5, 0.6) is 5.75 Å². The third-order valence-electron chi connectivity index (χ3n) is 4.31. The maximum Gasteiger partial charge on any atom is 0.375 e. The van der Waals surface area contributed by atoms with Crippen molar-refractivity contribution in [3.8, 4) is 5.75 Å². The van der Waals surface area contributed by atoms with E-state index in [0.29, 0.717) is 22.3 Å². The number of Topliss-reactive ketones (excluding diaryl/α,β-unsaturated/α-hetero) is 1. The first kappa shape index (κ1) is 19.0. The van der Waals surface area contributed by atoms with Gasteiger partial charge in [0.25, 0.3) is 5.56 Å². The summed E-state index contributed by atoms with van der Waals surface area (Å²) in [5, 5.41) is 0.663. The van der Waals surface area contributed by atoms with Crippen molar-refractivity contribution < 1.29 is 23.5 Å². The number of aromatic nitrogens is 2. The molecule has 0 aliphatic rings. The molecule has 3 rings (SSSR count). The number of aryl methyl sites for hydroxylation is 1. The van der Waals surface area contributed by atoms with Crippen LogP contribution in [0.15, 0.2) is 32.2 Å². The number of fused-ring (bicyclic) bond motifs is 1. The second kappa shape index (κ2) is 7.06. The third-order valence-corrected chi connectivity index (χ3v) is 4.31. The summed E-state index contributed by atoms with van der Waals surface area (Å²) in [6, 6.07) is 5.04. The Bertz CT molecular complexity index is 1220. The molecule has 0 unspecified atom stereocenters. The SMILES string of the molecule is COc1ccc2oc(C(=O)OCC(=O)c3c(N)n(C)c(=O)[nH]c3=O)c(C)c2c1. The van der Waals surface area contributed by atoms with Crippen LogP contribution in [0, 0.1) is 6.92 Å². The summed E-state index contributed by atoms with van der Waals surface area (Å²) >= 11 is 0. The van der Waals surface area contributed by atoms with E-state index in [2.05, 4.69) is 0 Å². The van der Waals surface area contributed by atoms with Gasteiger partial charge in [0.15, 0.2) is 6.61 Å². The van der Waals surface area contributed by atoms with Gasteiger partial charge in [0.2, 0.25) is 11.5 Å². The maximum atomic E-state index is 12.3. The second-order valence-electron chi connectivity index (χ2n) is 6.00. The van der Waals surface area contributed by atoms with Gasteiger partial charge in [-0.15, -0.1) is 0 Å². The number of nitrogens with two attached hydrogens (primary N) is 1. The van der Waals surface area contributed by atoms with Crippen LogP contribution in [0.4, 0.5) is 5.82 Å². The molecule has 0 spiro atoms. The number of anilines is 1. The minimum Gasteiger partial charge on any atom is -0.497 e. The number of aromatic amines is 1. The van der Waals surface area contributed by atoms with Crippen LogP contribution in [0.25, 0.3) is 11.0 Å². The molecule has 10 heteroatoms. The molecule has 0 aliphatic heterocycles. The Morgan fingerprint density at radius 1 is 1.29 bits per heavy atom. The molecule has 0 fully saturated rings. The van der Waals surface area contributed by atoms with Gasteiger partial charge in [-0.25, -0.2) is 9.59 Å². The molecule has 2 heterocycles. The third kappa shape index (κ3) is 3.15. The first-order valence-corrected chi connectivity index (χ1v) is 8.10. The summed E-state index contributed by atoms with van der Waals surface area (Å²) in [4.78, 5) is 49.9. The van der Waals surface area contributed by atoms with Gasteiger partial charge in [-0.2, -0.15) is 0 Å². The Morgan fingerprint density at radius 2 is 2.00 bits per heavy atom. The van der Waals surface area contributed by atoms with E-state index >= 15 is 0 Å². The molecule has 0 amide bonds. The predicted octanol–water partition coefficient (Wildman–Crippen LogP) is 0.759. The van der Waals surface area contributed by atoms with Gasteiger partial charge in [0, 0.05) is 18.0 Å². The Labute approximate surface area is 157 Å². The molecule has 0 bridgehead atoms. The zero-order chi connectivity index (χ0) is 20.6. The average Bonchev–Trinajstić information content (AvgIpc) is 3.00. The van der Waals surface area contributed by atoms with E-state index in [4.69, 9.17) is 19.6 Å². The van der Waals surface area contributed by atoms with E-state index in [-0.39, 0.29) is 11.6 Å². The molecular formula is C18H17N3O7. The van der Waals surface area contributed by atoms with E-state index in [9.17, 15) is 19.2 Å². The number of hydrogen-bond acceptors (Lipinski definition) is 8. The average molecular weight is 387 g/mol. The van der Waals surface area contributed by atoms with Crippen LogP contribution in [-0.2, 0) is 11.8 Å². The molecule has 10 nitrogen and oxygen atoms in total. The fourth-order valence-corrected chi connectivity index (χ4v) is 2.70. The number of nitrogens with zero attached hydrogens (tertiary/aromatic N) is 1. The van der Waals surface area contributed by atoms with E-state index < -0.39 is 35.2 Å².